The molecule has 2 aliphatic rings. The molecular formula is C24H35N7O3S. The maximum Gasteiger partial charge on any atom is 0.243 e. The first-order chi connectivity index (χ1) is 17.1. The molecule has 0 aromatic carbocycles. The maximum absolute atomic E-state index is 11.1. The molecule has 5 rings (SSSR count). The lowest BCUT2D eigenvalue weighted by Gasteiger charge is -2.23. The predicted molar refractivity (Wildman–Crippen MR) is 137 cm³/mol. The van der Waals surface area contributed by atoms with Crippen LogP contribution in [0.25, 0.3) is 11.0 Å². The van der Waals surface area contributed by atoms with E-state index >= 15 is 0 Å². The topological polar surface area (TPSA) is 129 Å². The lowest BCUT2D eigenvalue weighted by Crippen LogP contribution is -2.30. The number of aryl methyl sites for hydroxylation is 2. The molecule has 1 aliphatic carbocycles. The molecule has 0 unspecified atom stereocenters. The lowest BCUT2D eigenvalue weighted by molar-refractivity contribution is -0.118. The molecule has 4 N–H and O–H groups in total. The number of hydrogen-bond donors (Lipinski definition) is 3. The van der Waals surface area contributed by atoms with Gasteiger partial charge < -0.3 is 30.4 Å². The van der Waals surface area contributed by atoms with E-state index in [1.807, 2.05) is 25.3 Å². The molecule has 2 fully saturated rings. The predicted octanol–water partition coefficient (Wildman–Crippen LogP) is 3.52. The van der Waals surface area contributed by atoms with Gasteiger partial charge in [0.1, 0.15) is 16.6 Å². The third-order valence-corrected chi connectivity index (χ3v) is 6.74. The van der Waals surface area contributed by atoms with Gasteiger partial charge in [0.05, 0.1) is 24.4 Å². The number of nitrogens with zero attached hydrogens (tertiary/aromatic N) is 4. The number of primary amides is 1. The summed E-state index contributed by atoms with van der Waals surface area (Å²) >= 11 is 1.38. The summed E-state index contributed by atoms with van der Waals surface area (Å²) in [6.45, 7) is 6.45. The number of fused-ring (bicyclic) bond motifs is 1. The van der Waals surface area contributed by atoms with Gasteiger partial charge in [-0.05, 0) is 62.7 Å². The van der Waals surface area contributed by atoms with Gasteiger partial charge in [0.2, 0.25) is 17.7 Å². The van der Waals surface area contributed by atoms with Gasteiger partial charge in [-0.3, -0.25) is 4.79 Å². The number of carbonyl (C=O) groups is 1. The second-order valence-corrected chi connectivity index (χ2v) is 9.67. The summed E-state index contributed by atoms with van der Waals surface area (Å²) in [5.41, 5.74) is 7.92. The minimum atomic E-state index is -0.289. The SMILES string of the molecule is C1COCCN1.Cc1cc(Nc2nc(OC3CCCCC3)c3c(ccn3CCCC(N)=O)n2)sn1. The van der Waals surface area contributed by atoms with E-state index < -0.39 is 0 Å². The second kappa shape index (κ2) is 12.8. The monoisotopic (exact) mass is 501 g/mol. The Morgan fingerprint density at radius 2 is 2.09 bits per heavy atom. The fourth-order valence-corrected chi connectivity index (χ4v) is 4.86. The Balaban J connectivity index is 0.000000421. The van der Waals surface area contributed by atoms with Crippen molar-refractivity contribution < 1.29 is 14.3 Å². The fourth-order valence-electron chi connectivity index (χ4n) is 4.21. The van der Waals surface area contributed by atoms with E-state index in [1.54, 1.807) is 0 Å². The summed E-state index contributed by atoms with van der Waals surface area (Å²) in [5, 5.41) is 7.30. The van der Waals surface area contributed by atoms with Crippen molar-refractivity contribution in [2.45, 2.75) is 64.5 Å². The summed E-state index contributed by atoms with van der Waals surface area (Å²) in [7, 11) is 0. The first-order valence-electron chi connectivity index (χ1n) is 12.4. The molecular weight excluding hydrogens is 466 g/mol. The quantitative estimate of drug-likeness (QED) is 0.428. The van der Waals surface area contributed by atoms with E-state index in [4.69, 9.17) is 20.2 Å². The molecule has 10 nitrogen and oxygen atoms in total. The Morgan fingerprint density at radius 1 is 1.29 bits per heavy atom. The molecule has 0 bridgehead atoms. The van der Waals surface area contributed by atoms with Gasteiger partial charge >= 0.3 is 0 Å². The highest BCUT2D eigenvalue weighted by Gasteiger charge is 2.20. The summed E-state index contributed by atoms with van der Waals surface area (Å²) in [5.74, 6) is 0.805. The van der Waals surface area contributed by atoms with Crippen molar-refractivity contribution in [3.63, 3.8) is 0 Å². The van der Waals surface area contributed by atoms with Crippen LogP contribution in [0.15, 0.2) is 18.3 Å². The van der Waals surface area contributed by atoms with Gasteiger partial charge in [0.15, 0.2) is 0 Å². The van der Waals surface area contributed by atoms with Crippen molar-refractivity contribution in [3.05, 3.63) is 24.0 Å². The second-order valence-electron chi connectivity index (χ2n) is 8.86. The third-order valence-electron chi connectivity index (χ3n) is 5.94. The molecule has 1 amide bonds. The molecule has 1 aliphatic heterocycles. The van der Waals surface area contributed by atoms with Crippen LogP contribution in [0.3, 0.4) is 0 Å². The fraction of sp³-hybridized carbons (Fsp3) is 0.583. The van der Waals surface area contributed by atoms with E-state index in [1.165, 1.54) is 30.8 Å². The van der Waals surface area contributed by atoms with Gasteiger partial charge in [0.25, 0.3) is 0 Å². The number of anilines is 2. The van der Waals surface area contributed by atoms with Crippen molar-refractivity contribution >= 4 is 39.4 Å². The standard InChI is InChI=1S/C20H26N6O2S.C4H9NO/c1-13-12-17(29-25-13)23-20-22-15-9-11-26(10-5-8-16(21)27)18(15)19(24-20)28-14-6-3-2-4-7-14;1-3-6-4-2-5-1/h9,11-12,14H,2-8,10H2,1H3,(H2,21,27)(H,22,23,24);5H,1-4H2. The van der Waals surface area contributed by atoms with E-state index in [9.17, 15) is 4.79 Å². The molecule has 4 heterocycles. The molecule has 35 heavy (non-hydrogen) atoms. The Labute approximate surface area is 209 Å². The number of hydrogen-bond acceptors (Lipinski definition) is 9. The Bertz CT molecular complexity index is 1080. The van der Waals surface area contributed by atoms with Crippen LogP contribution >= 0.6 is 11.5 Å². The highest BCUT2D eigenvalue weighted by molar-refractivity contribution is 7.10. The van der Waals surface area contributed by atoms with E-state index in [2.05, 4.69) is 24.6 Å². The zero-order valence-corrected chi connectivity index (χ0v) is 21.1. The minimum absolute atomic E-state index is 0.175. The van der Waals surface area contributed by atoms with Crippen LogP contribution in [0.1, 0.15) is 50.6 Å². The van der Waals surface area contributed by atoms with E-state index in [-0.39, 0.29) is 12.0 Å². The van der Waals surface area contributed by atoms with Crippen LogP contribution in [-0.2, 0) is 16.1 Å². The van der Waals surface area contributed by atoms with Gasteiger partial charge in [-0.15, -0.1) is 0 Å². The molecule has 11 heteroatoms. The number of amides is 1. The number of carbonyl (C=O) groups excluding carboxylic acids is 1. The molecule has 190 valence electrons. The zero-order valence-electron chi connectivity index (χ0n) is 20.3. The molecule has 0 atom stereocenters. The normalized spacial score (nSPS) is 16.5. The molecule has 1 saturated carbocycles. The van der Waals surface area contributed by atoms with E-state index in [0.717, 1.165) is 60.9 Å². The van der Waals surface area contributed by atoms with Gasteiger partial charge in [-0.2, -0.15) is 9.36 Å². The summed E-state index contributed by atoms with van der Waals surface area (Å²) < 4.78 is 17.7. The zero-order chi connectivity index (χ0) is 24.5. The largest absolute Gasteiger partial charge is 0.473 e. The molecule has 1 saturated heterocycles. The average Bonchev–Trinajstić information content (AvgIpc) is 3.47. The molecule has 0 spiro atoms. The summed E-state index contributed by atoms with van der Waals surface area (Å²) in [4.78, 5) is 20.5. The number of aromatic nitrogens is 4. The number of ether oxygens (including phenoxy) is 2. The smallest absolute Gasteiger partial charge is 0.243 e. The molecule has 0 radical (unpaired) electrons. The average molecular weight is 502 g/mol. The first kappa shape index (κ1) is 25.3. The van der Waals surface area contributed by atoms with Crippen LogP contribution in [0.2, 0.25) is 0 Å². The summed E-state index contributed by atoms with van der Waals surface area (Å²) in [6.07, 6.45) is 8.89. The maximum atomic E-state index is 11.1. The van der Waals surface area contributed by atoms with Crippen LogP contribution in [-0.4, -0.2) is 57.2 Å². The summed E-state index contributed by atoms with van der Waals surface area (Å²) in [6, 6.07) is 3.92. The van der Waals surface area contributed by atoms with Crippen LogP contribution in [0.4, 0.5) is 10.9 Å². The van der Waals surface area contributed by atoms with E-state index in [0.29, 0.717) is 31.2 Å². The van der Waals surface area contributed by atoms with Crippen molar-refractivity contribution in [1.29, 1.82) is 0 Å². The lowest BCUT2D eigenvalue weighted by atomic mass is 9.98. The number of nitrogens with one attached hydrogen (secondary N) is 2. The van der Waals surface area contributed by atoms with Gasteiger partial charge in [-0.25, -0.2) is 4.98 Å². The van der Waals surface area contributed by atoms with Gasteiger partial charge in [0, 0.05) is 32.3 Å². The van der Waals surface area contributed by atoms with Crippen molar-refractivity contribution in [2.75, 3.05) is 31.6 Å². The Morgan fingerprint density at radius 3 is 2.71 bits per heavy atom. The van der Waals surface area contributed by atoms with Crippen LogP contribution in [0.5, 0.6) is 5.88 Å². The van der Waals surface area contributed by atoms with Crippen LogP contribution in [0, 0.1) is 6.92 Å². The Kier molecular flexibility index (Phi) is 9.27. The molecule has 3 aromatic heterocycles. The first-order valence-corrected chi connectivity index (χ1v) is 13.2. The van der Waals surface area contributed by atoms with Crippen molar-refractivity contribution in [1.82, 2.24) is 24.2 Å². The van der Waals surface area contributed by atoms with Gasteiger partial charge in [-0.1, -0.05) is 6.42 Å². The Hall–Kier alpha value is -2.76. The minimum Gasteiger partial charge on any atom is -0.473 e. The molecule has 3 aromatic rings. The number of nitrogens with two attached hydrogens (primary N) is 1. The van der Waals surface area contributed by atoms with Crippen molar-refractivity contribution in [2.24, 2.45) is 5.73 Å². The highest BCUT2D eigenvalue weighted by Crippen LogP contribution is 2.31. The highest BCUT2D eigenvalue weighted by atomic mass is 32.1. The van der Waals surface area contributed by atoms with Crippen molar-refractivity contribution in [3.8, 4) is 5.88 Å². The number of morpholine rings is 1. The number of rotatable bonds is 8. The van der Waals surface area contributed by atoms with Crippen LogP contribution < -0.4 is 21.1 Å². The third kappa shape index (κ3) is 7.61.